The van der Waals surface area contributed by atoms with Crippen molar-refractivity contribution in [2.45, 2.75) is 17.7 Å². The molecule has 7 nitrogen and oxygen atoms in total. The maximum Gasteiger partial charge on any atom is 0.244 e. The molecule has 10 heteroatoms. The SMILES string of the molecule is COc1ccc(NC(=O)[C@@H]2CCCN(S(=O)(=O)c3cc(Cl)ccc3Cl)C2)cc1OC. The highest BCUT2D eigenvalue weighted by Gasteiger charge is 2.34. The summed E-state index contributed by atoms with van der Waals surface area (Å²) in [6.07, 6.45) is 1.13. The average molecular weight is 473 g/mol. The number of sulfonamides is 1. The standard InChI is InChI=1S/C20H22Cl2N2O5S/c1-28-17-8-6-15(11-18(17)29-2)23-20(25)13-4-3-9-24(12-13)30(26,27)19-10-14(21)5-7-16(19)22/h5-8,10-11,13H,3-4,9,12H2,1-2H3,(H,23,25)/t13-/m1/s1. The van der Waals surface area contributed by atoms with E-state index in [1.807, 2.05) is 0 Å². The van der Waals surface area contributed by atoms with Crippen LogP contribution in [0.15, 0.2) is 41.3 Å². The maximum atomic E-state index is 13.1. The highest BCUT2D eigenvalue weighted by atomic mass is 35.5. The van der Waals surface area contributed by atoms with Crippen LogP contribution >= 0.6 is 23.2 Å². The number of carbonyl (C=O) groups is 1. The van der Waals surface area contributed by atoms with Crippen LogP contribution in [0.5, 0.6) is 11.5 Å². The second-order valence-electron chi connectivity index (χ2n) is 6.84. The molecule has 0 radical (unpaired) electrons. The lowest BCUT2D eigenvalue weighted by molar-refractivity contribution is -0.120. The van der Waals surface area contributed by atoms with Crippen LogP contribution in [0.4, 0.5) is 5.69 Å². The molecule has 0 unspecified atom stereocenters. The average Bonchev–Trinajstić information content (AvgIpc) is 2.75. The number of ether oxygens (including phenoxy) is 2. The van der Waals surface area contributed by atoms with Crippen LogP contribution in [0.1, 0.15) is 12.8 Å². The number of piperidine rings is 1. The Bertz CT molecular complexity index is 1050. The molecule has 0 spiro atoms. The number of amides is 1. The number of hydrogen-bond acceptors (Lipinski definition) is 5. The summed E-state index contributed by atoms with van der Waals surface area (Å²) in [4.78, 5) is 12.7. The van der Waals surface area contributed by atoms with E-state index in [-0.39, 0.29) is 27.4 Å². The molecule has 1 aliphatic rings. The Hall–Kier alpha value is -2.00. The summed E-state index contributed by atoms with van der Waals surface area (Å²) in [5, 5.41) is 3.20. The van der Waals surface area contributed by atoms with Gasteiger partial charge in [-0.2, -0.15) is 4.31 Å². The van der Waals surface area contributed by atoms with Crippen molar-refractivity contribution in [3.05, 3.63) is 46.4 Å². The normalized spacial score (nSPS) is 17.4. The van der Waals surface area contributed by atoms with E-state index in [9.17, 15) is 13.2 Å². The number of benzene rings is 2. The van der Waals surface area contributed by atoms with Gasteiger partial charge in [-0.3, -0.25) is 4.79 Å². The van der Waals surface area contributed by atoms with E-state index in [1.165, 1.54) is 36.7 Å². The lowest BCUT2D eigenvalue weighted by atomic mass is 9.98. The first-order valence-corrected chi connectivity index (χ1v) is 11.4. The smallest absolute Gasteiger partial charge is 0.244 e. The quantitative estimate of drug-likeness (QED) is 0.685. The Labute approximate surface area is 185 Å². The summed E-state index contributed by atoms with van der Waals surface area (Å²) in [5.41, 5.74) is 0.538. The topological polar surface area (TPSA) is 84.9 Å². The van der Waals surface area contributed by atoms with E-state index in [0.717, 1.165) is 0 Å². The number of anilines is 1. The molecule has 0 saturated carbocycles. The monoisotopic (exact) mass is 472 g/mol. The molecule has 0 aromatic heterocycles. The van der Waals surface area contributed by atoms with Crippen LogP contribution < -0.4 is 14.8 Å². The molecule has 30 heavy (non-hydrogen) atoms. The zero-order valence-electron chi connectivity index (χ0n) is 16.5. The van der Waals surface area contributed by atoms with Crippen LogP contribution in [-0.4, -0.2) is 45.9 Å². The Morgan fingerprint density at radius 2 is 1.83 bits per heavy atom. The first kappa shape index (κ1) is 22.7. The molecule has 162 valence electrons. The molecule has 2 aromatic rings. The van der Waals surface area contributed by atoms with Gasteiger partial charge in [-0.1, -0.05) is 23.2 Å². The molecule has 1 saturated heterocycles. The fraction of sp³-hybridized carbons (Fsp3) is 0.350. The third-order valence-corrected chi connectivity index (χ3v) is 7.50. The molecule has 1 N–H and O–H groups in total. The number of nitrogens with zero attached hydrogens (tertiary/aromatic N) is 1. The predicted molar refractivity (Wildman–Crippen MR) is 116 cm³/mol. The van der Waals surface area contributed by atoms with E-state index in [2.05, 4.69) is 5.32 Å². The van der Waals surface area contributed by atoms with Crippen LogP contribution in [0.25, 0.3) is 0 Å². The largest absolute Gasteiger partial charge is 0.493 e. The number of carbonyl (C=O) groups excluding carboxylic acids is 1. The maximum absolute atomic E-state index is 13.1. The number of nitrogens with one attached hydrogen (secondary N) is 1. The van der Waals surface area contributed by atoms with Crippen LogP contribution in [0, 0.1) is 5.92 Å². The van der Waals surface area contributed by atoms with Crippen molar-refractivity contribution in [3.8, 4) is 11.5 Å². The highest BCUT2D eigenvalue weighted by molar-refractivity contribution is 7.89. The Balaban J connectivity index is 1.76. The van der Waals surface area contributed by atoms with Crippen molar-refractivity contribution in [1.29, 1.82) is 0 Å². The lowest BCUT2D eigenvalue weighted by Crippen LogP contribution is -2.43. The van der Waals surface area contributed by atoms with Gasteiger partial charge in [0.25, 0.3) is 0 Å². The van der Waals surface area contributed by atoms with Gasteiger partial charge in [-0.15, -0.1) is 0 Å². The van der Waals surface area contributed by atoms with Crippen LogP contribution in [0.3, 0.4) is 0 Å². The second kappa shape index (κ2) is 9.43. The zero-order chi connectivity index (χ0) is 21.9. The highest BCUT2D eigenvalue weighted by Crippen LogP contribution is 2.32. The van der Waals surface area contributed by atoms with Gasteiger partial charge in [0.15, 0.2) is 11.5 Å². The van der Waals surface area contributed by atoms with E-state index in [1.54, 1.807) is 18.2 Å². The first-order valence-electron chi connectivity index (χ1n) is 9.24. The molecule has 0 aliphatic carbocycles. The van der Waals surface area contributed by atoms with Crippen molar-refractivity contribution in [2.75, 3.05) is 32.6 Å². The number of rotatable bonds is 6. The molecule has 1 atom stereocenters. The van der Waals surface area contributed by atoms with Crippen molar-refractivity contribution < 1.29 is 22.7 Å². The Morgan fingerprint density at radius 3 is 2.53 bits per heavy atom. The molecule has 1 heterocycles. The van der Waals surface area contributed by atoms with Crippen molar-refractivity contribution in [1.82, 2.24) is 4.31 Å². The van der Waals surface area contributed by atoms with E-state index < -0.39 is 15.9 Å². The molecule has 0 bridgehead atoms. The summed E-state index contributed by atoms with van der Waals surface area (Å²) >= 11 is 12.0. The van der Waals surface area contributed by atoms with Crippen LogP contribution in [0.2, 0.25) is 10.0 Å². The van der Waals surface area contributed by atoms with Crippen LogP contribution in [-0.2, 0) is 14.8 Å². The minimum atomic E-state index is -3.87. The van der Waals surface area contributed by atoms with Gasteiger partial charge in [0.05, 0.1) is 25.2 Å². The molecule has 1 aliphatic heterocycles. The molecule has 3 rings (SSSR count). The van der Waals surface area contributed by atoms with Gasteiger partial charge < -0.3 is 14.8 Å². The number of methoxy groups -OCH3 is 2. The fourth-order valence-electron chi connectivity index (χ4n) is 3.35. The summed E-state index contributed by atoms with van der Waals surface area (Å²) in [5.74, 6) is 0.265. The molecular weight excluding hydrogens is 451 g/mol. The minimum Gasteiger partial charge on any atom is -0.493 e. The van der Waals surface area contributed by atoms with Crippen molar-refractivity contribution in [3.63, 3.8) is 0 Å². The third-order valence-electron chi connectivity index (χ3n) is 4.92. The van der Waals surface area contributed by atoms with Gasteiger partial charge in [-0.25, -0.2) is 8.42 Å². The summed E-state index contributed by atoms with van der Waals surface area (Å²) in [6, 6.07) is 9.34. The van der Waals surface area contributed by atoms with E-state index in [4.69, 9.17) is 32.7 Å². The minimum absolute atomic E-state index is 0.0578. The number of halogens is 2. The van der Waals surface area contributed by atoms with Crippen molar-refractivity contribution in [2.24, 2.45) is 5.92 Å². The Morgan fingerprint density at radius 1 is 1.10 bits per heavy atom. The molecule has 1 fully saturated rings. The first-order chi connectivity index (χ1) is 14.3. The van der Waals surface area contributed by atoms with Gasteiger partial charge in [-0.05, 0) is 43.2 Å². The van der Waals surface area contributed by atoms with E-state index in [0.29, 0.717) is 36.6 Å². The van der Waals surface area contributed by atoms with Gasteiger partial charge in [0.2, 0.25) is 15.9 Å². The predicted octanol–water partition coefficient (Wildman–Crippen LogP) is 4.05. The van der Waals surface area contributed by atoms with Crippen molar-refractivity contribution >= 4 is 44.8 Å². The molecule has 2 aromatic carbocycles. The lowest BCUT2D eigenvalue weighted by Gasteiger charge is -2.31. The molecule has 1 amide bonds. The fourth-order valence-corrected chi connectivity index (χ4v) is 5.61. The number of hydrogen-bond donors (Lipinski definition) is 1. The third kappa shape index (κ3) is 4.83. The Kier molecular flexibility index (Phi) is 7.13. The summed E-state index contributed by atoms with van der Waals surface area (Å²) < 4.78 is 37.8. The summed E-state index contributed by atoms with van der Waals surface area (Å²) in [7, 11) is -0.838. The zero-order valence-corrected chi connectivity index (χ0v) is 18.9. The second-order valence-corrected chi connectivity index (χ2v) is 9.59. The van der Waals surface area contributed by atoms with Gasteiger partial charge in [0.1, 0.15) is 4.90 Å². The van der Waals surface area contributed by atoms with E-state index >= 15 is 0 Å². The molecular formula is C20H22Cl2N2O5S. The van der Waals surface area contributed by atoms with Gasteiger partial charge >= 0.3 is 0 Å². The summed E-state index contributed by atoms with van der Waals surface area (Å²) in [6.45, 7) is 0.371. The van der Waals surface area contributed by atoms with Gasteiger partial charge in [0, 0.05) is 29.9 Å².